The number of halogens is 1. The van der Waals surface area contributed by atoms with E-state index in [1.807, 2.05) is 31.2 Å². The lowest BCUT2D eigenvalue weighted by molar-refractivity contribution is -0.136. The first-order chi connectivity index (χ1) is 27.8. The number of unbranched alkanes of at least 4 members (excludes halogenated alkanes) is 3. The van der Waals surface area contributed by atoms with Gasteiger partial charge in [0.15, 0.2) is 15.7 Å². The molecule has 6 rings (SSSR count). The molecule has 3 amide bonds. The van der Waals surface area contributed by atoms with Crippen molar-refractivity contribution >= 4 is 62.3 Å². The van der Waals surface area contributed by atoms with Gasteiger partial charge >= 0.3 is 0 Å². The molecule has 0 spiro atoms. The zero-order valence-corrected chi connectivity index (χ0v) is 34.6. The van der Waals surface area contributed by atoms with Gasteiger partial charge in [-0.2, -0.15) is 4.98 Å². The van der Waals surface area contributed by atoms with E-state index < -0.39 is 27.0 Å². The minimum atomic E-state index is -3.56. The molecule has 1 atom stereocenters. The van der Waals surface area contributed by atoms with Gasteiger partial charge in [-0.15, -0.1) is 0 Å². The number of amides is 3. The summed E-state index contributed by atoms with van der Waals surface area (Å²) in [5, 5.41) is 11.8. The number of para-hydroxylation sites is 1. The van der Waals surface area contributed by atoms with Crippen LogP contribution in [0.5, 0.6) is 5.75 Å². The van der Waals surface area contributed by atoms with E-state index in [2.05, 4.69) is 43.1 Å². The normalized spacial score (nSPS) is 15.2. The Hall–Kier alpha value is -5.49. The first-order valence-corrected chi connectivity index (χ1v) is 21.3. The van der Waals surface area contributed by atoms with Gasteiger partial charge in [0, 0.05) is 30.5 Å². The second-order valence-corrected chi connectivity index (χ2v) is 17.5. The van der Waals surface area contributed by atoms with Crippen LogP contribution in [0.25, 0.3) is 0 Å². The number of anilines is 4. The van der Waals surface area contributed by atoms with E-state index in [9.17, 15) is 22.8 Å². The minimum Gasteiger partial charge on any atom is -0.495 e. The SMILES string of the molecule is COc1cc(CCNCCCCCC#Cc2ccc3c(c2)CN(C2CCC(=O)NC2=O)C3=O)c(C)cc1Nc1ncc(Cl)c(Nc2ccccc2S(=O)(=O)C(C)C)n1. The van der Waals surface area contributed by atoms with Gasteiger partial charge in [0.2, 0.25) is 17.8 Å². The third-order valence-corrected chi connectivity index (χ3v) is 12.7. The van der Waals surface area contributed by atoms with Gasteiger partial charge in [0.25, 0.3) is 5.91 Å². The highest BCUT2D eigenvalue weighted by Gasteiger charge is 2.39. The lowest BCUT2D eigenvalue weighted by atomic mass is 10.0. The predicted molar refractivity (Wildman–Crippen MR) is 225 cm³/mol. The number of nitrogens with one attached hydrogen (secondary N) is 4. The van der Waals surface area contributed by atoms with E-state index in [1.165, 1.54) is 6.20 Å². The summed E-state index contributed by atoms with van der Waals surface area (Å²) in [5.74, 6) is 6.72. The highest BCUT2D eigenvalue weighted by Crippen LogP contribution is 2.34. The van der Waals surface area contributed by atoms with Crippen molar-refractivity contribution in [3.63, 3.8) is 0 Å². The fourth-order valence-electron chi connectivity index (χ4n) is 6.91. The predicted octanol–water partition coefficient (Wildman–Crippen LogP) is 6.62. The standard InChI is InChI=1S/C43H48ClN7O6S/c1-27(2)58(55,56)38-14-10-9-13-34(38)47-40-33(44)25-46-43(50-40)48-35-22-28(3)30(24-37(35)57-4)19-21-45-20-11-7-5-6-8-12-29-15-16-32-31(23-29)26-51(42(32)54)36-17-18-39(52)49-41(36)53/h9-10,13-16,22-25,27,36,45H,5-7,11,17-21,26H2,1-4H3,(H,49,52,53)(H2,46,47,48,50). The number of aryl methyl sites for hydroxylation is 1. The van der Waals surface area contributed by atoms with E-state index in [4.69, 9.17) is 16.3 Å². The molecule has 4 aromatic rings. The number of rotatable bonds is 16. The maximum absolute atomic E-state index is 13.0. The number of fused-ring (bicyclic) bond motifs is 1. The first kappa shape index (κ1) is 42.1. The Kier molecular flexibility index (Phi) is 13.7. The molecule has 2 aliphatic rings. The van der Waals surface area contributed by atoms with Gasteiger partial charge in [0.1, 0.15) is 16.8 Å². The number of ether oxygens (including phenoxy) is 1. The van der Waals surface area contributed by atoms with Gasteiger partial charge in [-0.3, -0.25) is 19.7 Å². The zero-order chi connectivity index (χ0) is 41.4. The molecule has 3 heterocycles. The quantitative estimate of drug-likeness (QED) is 0.0544. The zero-order valence-electron chi connectivity index (χ0n) is 33.1. The van der Waals surface area contributed by atoms with Crippen molar-refractivity contribution in [2.24, 2.45) is 0 Å². The molecule has 3 aromatic carbocycles. The monoisotopic (exact) mass is 825 g/mol. The smallest absolute Gasteiger partial charge is 0.255 e. The van der Waals surface area contributed by atoms with E-state index in [0.717, 1.165) is 67.4 Å². The average Bonchev–Trinajstić information content (AvgIpc) is 3.52. The fraction of sp³-hybridized carbons (Fsp3) is 0.372. The maximum Gasteiger partial charge on any atom is 0.255 e. The largest absolute Gasteiger partial charge is 0.495 e. The molecule has 58 heavy (non-hydrogen) atoms. The number of imide groups is 1. The molecule has 304 valence electrons. The summed E-state index contributed by atoms with van der Waals surface area (Å²) in [6.45, 7) is 7.36. The summed E-state index contributed by atoms with van der Waals surface area (Å²) in [5.41, 5.74) is 5.55. The molecule has 0 aliphatic carbocycles. The van der Waals surface area contributed by atoms with Crippen molar-refractivity contribution < 1.29 is 27.5 Å². The van der Waals surface area contributed by atoms with E-state index >= 15 is 0 Å². The number of methoxy groups -OCH3 is 1. The molecule has 13 nitrogen and oxygen atoms in total. The Morgan fingerprint density at radius 1 is 1.02 bits per heavy atom. The van der Waals surface area contributed by atoms with Crippen LogP contribution < -0.4 is 26.0 Å². The van der Waals surface area contributed by atoms with Gasteiger partial charge < -0.3 is 25.6 Å². The summed E-state index contributed by atoms with van der Waals surface area (Å²) in [6.07, 6.45) is 6.66. The summed E-state index contributed by atoms with van der Waals surface area (Å²) in [4.78, 5) is 47.4. The van der Waals surface area contributed by atoms with Crippen molar-refractivity contribution in [2.45, 2.75) is 88.4 Å². The number of hydrogen-bond acceptors (Lipinski definition) is 11. The number of benzene rings is 3. The Morgan fingerprint density at radius 3 is 2.60 bits per heavy atom. The number of aromatic nitrogens is 2. The number of hydrogen-bond donors (Lipinski definition) is 4. The van der Waals surface area contributed by atoms with Gasteiger partial charge in [-0.1, -0.05) is 42.0 Å². The number of nitrogens with zero attached hydrogens (tertiary/aromatic N) is 3. The van der Waals surface area contributed by atoms with Crippen molar-refractivity contribution in [3.05, 3.63) is 93.6 Å². The van der Waals surface area contributed by atoms with E-state index in [0.29, 0.717) is 35.7 Å². The molecule has 0 bridgehead atoms. The molecule has 15 heteroatoms. The van der Waals surface area contributed by atoms with Crippen LogP contribution in [0.3, 0.4) is 0 Å². The molecule has 0 radical (unpaired) electrons. The summed E-state index contributed by atoms with van der Waals surface area (Å²) >= 11 is 6.43. The highest BCUT2D eigenvalue weighted by molar-refractivity contribution is 7.92. The number of piperidine rings is 1. The summed E-state index contributed by atoms with van der Waals surface area (Å²) < 4.78 is 31.7. The summed E-state index contributed by atoms with van der Waals surface area (Å²) in [6, 6.07) is 15.6. The number of carbonyl (C=O) groups is 3. The second-order valence-electron chi connectivity index (χ2n) is 14.6. The Morgan fingerprint density at radius 2 is 1.83 bits per heavy atom. The van der Waals surface area contributed by atoms with Crippen LogP contribution in [0.4, 0.5) is 23.1 Å². The Balaban J connectivity index is 0.938. The van der Waals surface area contributed by atoms with Crippen molar-refractivity contribution in [1.82, 2.24) is 25.5 Å². The highest BCUT2D eigenvalue weighted by atomic mass is 35.5. The summed E-state index contributed by atoms with van der Waals surface area (Å²) in [7, 11) is -1.95. The number of carbonyl (C=O) groups excluding carboxylic acids is 3. The Labute approximate surface area is 344 Å². The minimum absolute atomic E-state index is 0.163. The maximum atomic E-state index is 13.0. The third kappa shape index (κ3) is 9.96. The van der Waals surface area contributed by atoms with Crippen LogP contribution in [0, 0.1) is 18.8 Å². The Bertz CT molecular complexity index is 2380. The van der Waals surface area contributed by atoms with Crippen molar-refractivity contribution in [2.75, 3.05) is 30.8 Å². The van der Waals surface area contributed by atoms with Gasteiger partial charge in [-0.25, -0.2) is 13.4 Å². The molecule has 1 unspecified atom stereocenters. The van der Waals surface area contributed by atoms with E-state index in [-0.39, 0.29) is 39.9 Å². The van der Waals surface area contributed by atoms with Crippen LogP contribution in [-0.4, -0.2) is 72.5 Å². The van der Waals surface area contributed by atoms with Crippen LogP contribution >= 0.6 is 11.6 Å². The first-order valence-electron chi connectivity index (χ1n) is 19.4. The van der Waals surface area contributed by atoms with Gasteiger partial charge in [0.05, 0.1) is 34.8 Å². The fourth-order valence-corrected chi connectivity index (χ4v) is 8.25. The average molecular weight is 826 g/mol. The van der Waals surface area contributed by atoms with Crippen LogP contribution in [-0.2, 0) is 32.4 Å². The molecular weight excluding hydrogens is 778 g/mol. The molecule has 0 saturated carbocycles. The lowest BCUT2D eigenvalue weighted by Gasteiger charge is -2.29. The molecule has 1 fully saturated rings. The van der Waals surface area contributed by atoms with E-state index in [1.54, 1.807) is 56.2 Å². The second kappa shape index (κ2) is 18.8. The number of sulfone groups is 1. The third-order valence-electron chi connectivity index (χ3n) is 10.2. The van der Waals surface area contributed by atoms with Gasteiger partial charge in [-0.05, 0) is 119 Å². The molecule has 2 aliphatic heterocycles. The molecule has 4 N–H and O–H groups in total. The molecule has 1 aromatic heterocycles. The van der Waals surface area contributed by atoms with Crippen LogP contribution in [0.15, 0.2) is 65.7 Å². The van der Waals surface area contributed by atoms with Crippen molar-refractivity contribution in [3.8, 4) is 17.6 Å². The topological polar surface area (TPSA) is 172 Å². The molecular formula is C43H48ClN7O6S. The van der Waals surface area contributed by atoms with Crippen LogP contribution in [0.1, 0.15) is 85.0 Å². The van der Waals surface area contributed by atoms with Crippen molar-refractivity contribution in [1.29, 1.82) is 0 Å². The lowest BCUT2D eigenvalue weighted by Crippen LogP contribution is -2.52. The van der Waals surface area contributed by atoms with Crippen LogP contribution in [0.2, 0.25) is 5.02 Å². The molecule has 1 saturated heterocycles.